The van der Waals surface area contributed by atoms with Gasteiger partial charge in [-0.15, -0.1) is 0 Å². The van der Waals surface area contributed by atoms with Gasteiger partial charge in [0, 0.05) is 43.2 Å². The van der Waals surface area contributed by atoms with Crippen LogP contribution in [0.4, 0.5) is 0 Å². The highest BCUT2D eigenvalue weighted by molar-refractivity contribution is 7.98. The van der Waals surface area contributed by atoms with Crippen LogP contribution >= 0.6 is 11.8 Å². The van der Waals surface area contributed by atoms with E-state index < -0.39 is 0 Å². The zero-order valence-electron chi connectivity index (χ0n) is 15.7. The summed E-state index contributed by atoms with van der Waals surface area (Å²) < 4.78 is 0. The number of rotatable bonds is 11. The third kappa shape index (κ3) is 7.16. The zero-order chi connectivity index (χ0) is 17.0. The van der Waals surface area contributed by atoms with E-state index in [2.05, 4.69) is 54.4 Å². The Balaban J connectivity index is 1.58. The zero-order valence-corrected chi connectivity index (χ0v) is 16.5. The summed E-state index contributed by atoms with van der Waals surface area (Å²) in [6.45, 7) is 8.20. The quantitative estimate of drug-likeness (QED) is 0.570. The molecular weight excluding hydrogens is 312 g/mol. The van der Waals surface area contributed by atoms with E-state index in [-0.39, 0.29) is 0 Å². The average Bonchev–Trinajstić information content (AvgIpc) is 2.65. The molecule has 3 heteroatoms. The van der Waals surface area contributed by atoms with Crippen LogP contribution in [0.15, 0.2) is 30.3 Å². The van der Waals surface area contributed by atoms with Crippen molar-refractivity contribution in [1.29, 1.82) is 0 Å². The van der Waals surface area contributed by atoms with Gasteiger partial charge in [-0.05, 0) is 31.7 Å². The van der Waals surface area contributed by atoms with Crippen molar-refractivity contribution in [3.63, 3.8) is 0 Å². The van der Waals surface area contributed by atoms with E-state index in [0.29, 0.717) is 0 Å². The first-order valence-corrected chi connectivity index (χ1v) is 11.0. The largest absolute Gasteiger partial charge is 0.315 e. The summed E-state index contributed by atoms with van der Waals surface area (Å²) in [5.74, 6) is 2.32. The van der Waals surface area contributed by atoms with Gasteiger partial charge in [-0.3, -0.25) is 4.90 Å². The van der Waals surface area contributed by atoms with Crippen LogP contribution in [0.5, 0.6) is 0 Å². The van der Waals surface area contributed by atoms with E-state index in [0.717, 1.165) is 30.9 Å². The predicted molar refractivity (Wildman–Crippen MR) is 109 cm³/mol. The Morgan fingerprint density at radius 1 is 1.12 bits per heavy atom. The Morgan fingerprint density at radius 3 is 2.58 bits per heavy atom. The molecule has 1 saturated carbocycles. The molecule has 1 atom stereocenters. The van der Waals surface area contributed by atoms with Crippen LogP contribution in [0, 0.1) is 0 Å². The molecule has 24 heavy (non-hydrogen) atoms. The molecule has 1 unspecified atom stereocenters. The summed E-state index contributed by atoms with van der Waals surface area (Å²) in [7, 11) is 0. The Kier molecular flexibility index (Phi) is 9.86. The minimum absolute atomic E-state index is 0.724. The van der Waals surface area contributed by atoms with Crippen molar-refractivity contribution in [1.82, 2.24) is 10.2 Å². The fraction of sp³-hybridized carbons (Fsp3) is 0.714. The lowest BCUT2D eigenvalue weighted by atomic mass is 9.93. The van der Waals surface area contributed by atoms with E-state index in [4.69, 9.17) is 0 Å². The van der Waals surface area contributed by atoms with E-state index in [1.807, 2.05) is 11.8 Å². The highest BCUT2D eigenvalue weighted by Gasteiger charge is 2.23. The highest BCUT2D eigenvalue weighted by Crippen LogP contribution is 2.24. The Bertz CT molecular complexity index is 417. The Labute approximate surface area is 153 Å². The monoisotopic (exact) mass is 348 g/mol. The summed E-state index contributed by atoms with van der Waals surface area (Å²) >= 11 is 2.03. The Hall–Kier alpha value is -0.510. The predicted octanol–water partition coefficient (Wildman–Crippen LogP) is 4.94. The maximum Gasteiger partial charge on any atom is 0.0185 e. The van der Waals surface area contributed by atoms with Crippen LogP contribution in [-0.2, 0) is 5.75 Å². The van der Waals surface area contributed by atoms with Crippen molar-refractivity contribution in [3.8, 4) is 0 Å². The lowest BCUT2D eigenvalue weighted by Crippen LogP contribution is -2.46. The van der Waals surface area contributed by atoms with Gasteiger partial charge in [0.25, 0.3) is 0 Å². The molecular formula is C21H36N2S. The normalized spacial score (nSPS) is 17.3. The van der Waals surface area contributed by atoms with E-state index in [1.165, 1.54) is 56.4 Å². The van der Waals surface area contributed by atoms with Crippen LogP contribution in [-0.4, -0.2) is 42.4 Å². The minimum atomic E-state index is 0.724. The second-order valence-corrected chi connectivity index (χ2v) is 8.18. The van der Waals surface area contributed by atoms with Gasteiger partial charge in [0.2, 0.25) is 0 Å². The highest BCUT2D eigenvalue weighted by atomic mass is 32.2. The molecule has 2 rings (SSSR count). The van der Waals surface area contributed by atoms with Gasteiger partial charge in [0.05, 0.1) is 0 Å². The molecule has 0 bridgehead atoms. The maximum atomic E-state index is 3.66. The Morgan fingerprint density at radius 2 is 1.88 bits per heavy atom. The third-order valence-corrected chi connectivity index (χ3v) is 6.31. The standard InChI is InChI=1S/C21H36N2S/c1-3-19(2)23(21-12-8-5-9-13-21)16-14-22-15-17-24-18-20-10-6-4-7-11-20/h4,6-7,10-11,19,21-22H,3,5,8-9,12-18H2,1-2H3. The van der Waals surface area contributed by atoms with Crippen molar-refractivity contribution in [2.45, 2.75) is 70.2 Å². The van der Waals surface area contributed by atoms with Gasteiger partial charge in [-0.2, -0.15) is 11.8 Å². The van der Waals surface area contributed by atoms with Crippen LogP contribution in [0.25, 0.3) is 0 Å². The summed E-state index contributed by atoms with van der Waals surface area (Å²) in [4.78, 5) is 2.78. The van der Waals surface area contributed by atoms with Gasteiger partial charge < -0.3 is 5.32 Å². The van der Waals surface area contributed by atoms with Gasteiger partial charge in [0.15, 0.2) is 0 Å². The topological polar surface area (TPSA) is 15.3 Å². The minimum Gasteiger partial charge on any atom is -0.315 e. The van der Waals surface area contributed by atoms with Crippen molar-refractivity contribution in [2.75, 3.05) is 25.4 Å². The molecule has 1 aromatic carbocycles. The summed E-state index contributed by atoms with van der Waals surface area (Å²) in [5, 5.41) is 3.66. The molecule has 1 aliphatic rings. The summed E-state index contributed by atoms with van der Waals surface area (Å²) in [5.41, 5.74) is 1.43. The lowest BCUT2D eigenvalue weighted by molar-refractivity contribution is 0.111. The average molecular weight is 349 g/mol. The molecule has 0 aliphatic heterocycles. The smallest absolute Gasteiger partial charge is 0.0185 e. The van der Waals surface area contributed by atoms with Crippen molar-refractivity contribution < 1.29 is 0 Å². The second kappa shape index (κ2) is 11.9. The molecule has 0 radical (unpaired) electrons. The third-order valence-electron chi connectivity index (χ3n) is 5.28. The molecule has 0 amide bonds. The number of nitrogens with one attached hydrogen (secondary N) is 1. The van der Waals surface area contributed by atoms with Crippen molar-refractivity contribution >= 4 is 11.8 Å². The number of thioether (sulfide) groups is 1. The molecule has 1 aliphatic carbocycles. The first-order valence-electron chi connectivity index (χ1n) is 9.89. The number of hydrogen-bond donors (Lipinski definition) is 1. The number of nitrogens with zero attached hydrogens (tertiary/aromatic N) is 1. The number of hydrogen-bond acceptors (Lipinski definition) is 3. The van der Waals surface area contributed by atoms with E-state index in [9.17, 15) is 0 Å². The first-order chi connectivity index (χ1) is 11.8. The second-order valence-electron chi connectivity index (χ2n) is 7.08. The fourth-order valence-electron chi connectivity index (χ4n) is 3.65. The van der Waals surface area contributed by atoms with Crippen LogP contribution in [0.1, 0.15) is 57.9 Å². The van der Waals surface area contributed by atoms with E-state index >= 15 is 0 Å². The lowest BCUT2D eigenvalue weighted by Gasteiger charge is -2.38. The van der Waals surface area contributed by atoms with Crippen LogP contribution in [0.3, 0.4) is 0 Å². The molecule has 136 valence electrons. The molecule has 0 saturated heterocycles. The van der Waals surface area contributed by atoms with Gasteiger partial charge in [-0.1, -0.05) is 56.5 Å². The van der Waals surface area contributed by atoms with Gasteiger partial charge >= 0.3 is 0 Å². The van der Waals surface area contributed by atoms with Gasteiger partial charge in [-0.25, -0.2) is 0 Å². The van der Waals surface area contributed by atoms with Gasteiger partial charge in [0.1, 0.15) is 0 Å². The SMILES string of the molecule is CCC(C)N(CCNCCSCc1ccccc1)C1CCCCC1. The summed E-state index contributed by atoms with van der Waals surface area (Å²) in [6, 6.07) is 12.3. The van der Waals surface area contributed by atoms with Crippen molar-refractivity contribution in [3.05, 3.63) is 35.9 Å². The number of benzene rings is 1. The first kappa shape index (κ1) is 19.8. The van der Waals surface area contributed by atoms with Crippen molar-refractivity contribution in [2.24, 2.45) is 0 Å². The molecule has 0 spiro atoms. The maximum absolute atomic E-state index is 3.66. The summed E-state index contributed by atoms with van der Waals surface area (Å²) in [6.07, 6.45) is 8.40. The molecule has 0 aromatic heterocycles. The fourth-order valence-corrected chi connectivity index (χ4v) is 4.51. The molecule has 2 nitrogen and oxygen atoms in total. The molecule has 1 fully saturated rings. The van der Waals surface area contributed by atoms with Crippen LogP contribution < -0.4 is 5.32 Å². The molecule has 0 heterocycles. The van der Waals surface area contributed by atoms with Crippen LogP contribution in [0.2, 0.25) is 0 Å². The van der Waals surface area contributed by atoms with E-state index in [1.54, 1.807) is 0 Å². The molecule has 1 N–H and O–H groups in total. The molecule has 1 aromatic rings.